The van der Waals surface area contributed by atoms with Crippen molar-refractivity contribution in [2.75, 3.05) is 0 Å². The molecule has 0 bridgehead atoms. The minimum Gasteiger partial charge on any atom is -0.424 e. The van der Waals surface area contributed by atoms with E-state index in [4.69, 9.17) is 9.47 Å². The number of carbonyl (C=O) groups excluding carboxylic acids is 1. The molecule has 0 amide bonds. The zero-order valence-electron chi connectivity index (χ0n) is 8.71. The molecule has 3 nitrogen and oxygen atoms in total. The molecule has 1 fully saturated rings. The van der Waals surface area contributed by atoms with E-state index in [1.807, 2.05) is 13.8 Å². The van der Waals surface area contributed by atoms with E-state index in [0.29, 0.717) is 0 Å². The van der Waals surface area contributed by atoms with Gasteiger partial charge in [0.05, 0.1) is 0 Å². The molecule has 0 aromatic carbocycles. The average molecular weight is 196 g/mol. The molecule has 1 aliphatic carbocycles. The van der Waals surface area contributed by atoms with E-state index >= 15 is 0 Å². The molecule has 0 N–H and O–H groups in total. The summed E-state index contributed by atoms with van der Waals surface area (Å²) in [6.45, 7) is 3.80. The van der Waals surface area contributed by atoms with Gasteiger partial charge in [-0.2, -0.15) is 0 Å². The fourth-order valence-electron chi connectivity index (χ4n) is 2.15. The van der Waals surface area contributed by atoms with Crippen LogP contribution in [-0.2, 0) is 9.47 Å². The minimum absolute atomic E-state index is 0.171. The number of carbonyl (C=O) groups is 1. The highest BCUT2D eigenvalue weighted by molar-refractivity contribution is 5.64. The Morgan fingerprint density at radius 1 is 1.43 bits per heavy atom. The second-order valence-corrected chi connectivity index (χ2v) is 4.48. The van der Waals surface area contributed by atoms with Crippen molar-refractivity contribution in [2.45, 2.75) is 51.2 Å². The third kappa shape index (κ3) is 1.63. The fraction of sp³-hybridized carbons (Fsp3) is 0.727. The van der Waals surface area contributed by atoms with Gasteiger partial charge in [0.1, 0.15) is 0 Å². The third-order valence-corrected chi connectivity index (χ3v) is 2.85. The monoisotopic (exact) mass is 196 g/mol. The lowest BCUT2D eigenvalue weighted by Gasteiger charge is -2.25. The maximum atomic E-state index is 11.0. The molecule has 0 unspecified atom stereocenters. The third-order valence-electron chi connectivity index (χ3n) is 2.85. The number of hydrogen-bond donors (Lipinski definition) is 0. The van der Waals surface area contributed by atoms with Gasteiger partial charge in [-0.25, -0.2) is 4.79 Å². The van der Waals surface area contributed by atoms with Crippen molar-refractivity contribution in [3.8, 4) is 0 Å². The molecule has 2 rings (SSSR count). The van der Waals surface area contributed by atoms with E-state index in [1.165, 1.54) is 18.4 Å². The van der Waals surface area contributed by atoms with Crippen LogP contribution in [0.2, 0.25) is 0 Å². The highest BCUT2D eigenvalue weighted by Crippen LogP contribution is 2.35. The van der Waals surface area contributed by atoms with Crippen LogP contribution in [0.15, 0.2) is 11.6 Å². The second-order valence-electron chi connectivity index (χ2n) is 4.48. The maximum Gasteiger partial charge on any atom is 0.509 e. The molecule has 3 heteroatoms. The van der Waals surface area contributed by atoms with Gasteiger partial charge in [0.2, 0.25) is 0 Å². The van der Waals surface area contributed by atoms with E-state index in [0.717, 1.165) is 12.8 Å². The number of cyclic esters (lactones) is 2. The highest BCUT2D eigenvalue weighted by Gasteiger charge is 2.45. The first kappa shape index (κ1) is 9.56. The van der Waals surface area contributed by atoms with Crippen LogP contribution in [0.3, 0.4) is 0 Å². The molecular formula is C11H16O3. The van der Waals surface area contributed by atoms with Gasteiger partial charge in [-0.1, -0.05) is 6.08 Å². The summed E-state index contributed by atoms with van der Waals surface area (Å²) in [6, 6.07) is 0. The topological polar surface area (TPSA) is 35.5 Å². The molecule has 1 saturated heterocycles. The molecule has 0 aromatic heterocycles. The van der Waals surface area contributed by atoms with Crippen molar-refractivity contribution < 1.29 is 14.3 Å². The van der Waals surface area contributed by atoms with Crippen molar-refractivity contribution >= 4 is 6.16 Å². The Balaban J connectivity index is 2.17. The molecule has 14 heavy (non-hydrogen) atoms. The lowest BCUT2D eigenvalue weighted by atomic mass is 9.88. The van der Waals surface area contributed by atoms with E-state index in [1.54, 1.807) is 0 Å². The lowest BCUT2D eigenvalue weighted by molar-refractivity contribution is 0.0733. The first-order valence-electron chi connectivity index (χ1n) is 5.18. The quantitative estimate of drug-likeness (QED) is 0.478. The summed E-state index contributed by atoms with van der Waals surface area (Å²) < 4.78 is 10.3. The van der Waals surface area contributed by atoms with E-state index in [9.17, 15) is 4.79 Å². The zero-order valence-corrected chi connectivity index (χ0v) is 8.71. The van der Waals surface area contributed by atoms with E-state index in [-0.39, 0.29) is 6.10 Å². The molecule has 0 spiro atoms. The Morgan fingerprint density at radius 2 is 2.21 bits per heavy atom. The first-order valence-corrected chi connectivity index (χ1v) is 5.18. The van der Waals surface area contributed by atoms with Crippen LogP contribution in [0.5, 0.6) is 0 Å². The molecule has 0 radical (unpaired) electrons. The summed E-state index contributed by atoms with van der Waals surface area (Å²) in [5.41, 5.74) is 0.729. The van der Waals surface area contributed by atoms with Gasteiger partial charge >= 0.3 is 6.16 Å². The van der Waals surface area contributed by atoms with Gasteiger partial charge in [-0.05, 0) is 45.1 Å². The molecule has 1 atom stereocenters. The van der Waals surface area contributed by atoms with E-state index in [2.05, 4.69) is 6.08 Å². The SMILES string of the molecule is CC1(C)OC(=O)O[C@@H]1C1=CCCCC1. The van der Waals surface area contributed by atoms with Crippen LogP contribution in [0.4, 0.5) is 4.79 Å². The van der Waals surface area contributed by atoms with Gasteiger partial charge in [0.15, 0.2) is 11.7 Å². The summed E-state index contributed by atoms with van der Waals surface area (Å²) >= 11 is 0. The summed E-state index contributed by atoms with van der Waals surface area (Å²) in [5, 5.41) is 0. The van der Waals surface area contributed by atoms with Crippen LogP contribution in [0.1, 0.15) is 39.5 Å². The van der Waals surface area contributed by atoms with Crippen LogP contribution in [-0.4, -0.2) is 17.9 Å². The Bertz CT molecular complexity index is 278. The second kappa shape index (κ2) is 3.30. The van der Waals surface area contributed by atoms with Gasteiger partial charge in [0, 0.05) is 0 Å². The van der Waals surface area contributed by atoms with Gasteiger partial charge in [0.25, 0.3) is 0 Å². The zero-order chi connectivity index (χ0) is 10.2. The van der Waals surface area contributed by atoms with Crippen molar-refractivity contribution in [1.29, 1.82) is 0 Å². The largest absolute Gasteiger partial charge is 0.509 e. The van der Waals surface area contributed by atoms with Crippen molar-refractivity contribution in [3.05, 3.63) is 11.6 Å². The number of hydrogen-bond acceptors (Lipinski definition) is 3. The Hall–Kier alpha value is -0.990. The van der Waals surface area contributed by atoms with E-state index < -0.39 is 11.8 Å². The standard InChI is InChI=1S/C11H16O3/c1-11(2)9(13-10(12)14-11)8-6-4-3-5-7-8/h6,9H,3-5,7H2,1-2H3/t9-/m1/s1. The molecule has 0 saturated carbocycles. The van der Waals surface area contributed by atoms with Crippen molar-refractivity contribution in [1.82, 2.24) is 0 Å². The Labute approximate surface area is 84.1 Å². The molecule has 0 aromatic rings. The molecular weight excluding hydrogens is 180 g/mol. The van der Waals surface area contributed by atoms with Crippen molar-refractivity contribution in [2.24, 2.45) is 0 Å². The molecule has 1 heterocycles. The first-order chi connectivity index (χ1) is 6.59. The maximum absolute atomic E-state index is 11.0. The smallest absolute Gasteiger partial charge is 0.424 e. The molecule has 78 valence electrons. The van der Waals surface area contributed by atoms with Crippen LogP contribution in [0, 0.1) is 0 Å². The molecule has 2 aliphatic rings. The Kier molecular flexibility index (Phi) is 2.25. The van der Waals surface area contributed by atoms with Crippen LogP contribution >= 0.6 is 0 Å². The summed E-state index contributed by atoms with van der Waals surface area (Å²) in [4.78, 5) is 11.0. The predicted molar refractivity (Wildman–Crippen MR) is 52.0 cm³/mol. The number of allylic oxidation sites excluding steroid dienone is 1. The lowest BCUT2D eigenvalue weighted by Crippen LogP contribution is -2.34. The fourth-order valence-corrected chi connectivity index (χ4v) is 2.15. The average Bonchev–Trinajstić information content (AvgIpc) is 2.41. The minimum atomic E-state index is -0.536. The van der Waals surface area contributed by atoms with Gasteiger partial charge in [-0.3, -0.25) is 0 Å². The normalized spacial score (nSPS) is 30.6. The number of ether oxygens (including phenoxy) is 2. The van der Waals surface area contributed by atoms with Crippen molar-refractivity contribution in [3.63, 3.8) is 0 Å². The molecule has 1 aliphatic heterocycles. The Morgan fingerprint density at radius 3 is 2.71 bits per heavy atom. The van der Waals surface area contributed by atoms with Gasteiger partial charge < -0.3 is 9.47 Å². The summed E-state index contributed by atoms with van der Waals surface area (Å²) in [6.07, 6.45) is 6.05. The summed E-state index contributed by atoms with van der Waals surface area (Å²) in [5.74, 6) is 0. The predicted octanol–water partition coefficient (Wildman–Crippen LogP) is 2.80. The number of rotatable bonds is 1. The highest BCUT2D eigenvalue weighted by atomic mass is 16.8. The van der Waals surface area contributed by atoms with Gasteiger partial charge in [-0.15, -0.1) is 0 Å². The van der Waals surface area contributed by atoms with Crippen LogP contribution in [0.25, 0.3) is 0 Å². The summed E-state index contributed by atoms with van der Waals surface area (Å²) in [7, 11) is 0. The van der Waals surface area contributed by atoms with Crippen LogP contribution < -0.4 is 0 Å².